The van der Waals surface area contributed by atoms with Crippen LogP contribution in [0.3, 0.4) is 0 Å². The van der Waals surface area contributed by atoms with Gasteiger partial charge in [0.1, 0.15) is 29.5 Å². The molecule has 8 heteroatoms. The molecule has 2 atom stereocenters. The van der Waals surface area contributed by atoms with Crippen LogP contribution in [0.15, 0.2) is 24.3 Å². The maximum Gasteiger partial charge on any atom is 0.162 e. The first-order chi connectivity index (χ1) is 13.4. The Morgan fingerprint density at radius 1 is 1.00 bits per heavy atom. The summed E-state index contributed by atoms with van der Waals surface area (Å²) in [5, 5.41) is 39.5. The minimum atomic E-state index is -0.796. The van der Waals surface area contributed by atoms with Gasteiger partial charge < -0.3 is 29.9 Å². The molecule has 2 aromatic rings. The fourth-order valence-electron chi connectivity index (χ4n) is 3.52. The molecular formula is C20H22ClFO6. The van der Waals surface area contributed by atoms with Gasteiger partial charge in [-0.05, 0) is 35.2 Å². The quantitative estimate of drug-likeness (QED) is 0.582. The van der Waals surface area contributed by atoms with E-state index in [4.69, 9.17) is 21.1 Å². The lowest BCUT2D eigenvalue weighted by Gasteiger charge is -2.20. The Labute approximate surface area is 166 Å². The Morgan fingerprint density at radius 2 is 1.64 bits per heavy atom. The third-order valence-corrected chi connectivity index (χ3v) is 5.15. The Hall–Kier alpha value is -1.90. The molecule has 152 valence electrons. The Morgan fingerprint density at radius 3 is 2.18 bits per heavy atom. The second kappa shape index (κ2) is 8.63. The molecular weight excluding hydrogens is 391 g/mol. The molecule has 28 heavy (non-hydrogen) atoms. The molecule has 2 aromatic carbocycles. The molecule has 0 saturated carbocycles. The first kappa shape index (κ1) is 20.8. The zero-order chi connectivity index (χ0) is 20.4. The van der Waals surface area contributed by atoms with Gasteiger partial charge in [-0.3, -0.25) is 0 Å². The largest absolute Gasteiger partial charge is 0.508 e. The zero-order valence-corrected chi connectivity index (χ0v) is 16.0. The maximum absolute atomic E-state index is 13.6. The summed E-state index contributed by atoms with van der Waals surface area (Å²) < 4.78 is 24.9. The number of aromatic hydroxyl groups is 2. The lowest BCUT2D eigenvalue weighted by molar-refractivity contribution is -0.0725. The number of phenolic OH excluding ortho intramolecular Hbond substituents is 2. The smallest absolute Gasteiger partial charge is 0.162 e. The van der Waals surface area contributed by atoms with Crippen molar-refractivity contribution in [2.45, 2.75) is 38.3 Å². The van der Waals surface area contributed by atoms with Gasteiger partial charge in [-0.25, -0.2) is 4.39 Å². The van der Waals surface area contributed by atoms with E-state index in [0.29, 0.717) is 28.7 Å². The van der Waals surface area contributed by atoms with Crippen LogP contribution in [0.25, 0.3) is 11.1 Å². The van der Waals surface area contributed by atoms with Crippen LogP contribution in [0.4, 0.5) is 4.39 Å². The van der Waals surface area contributed by atoms with Crippen LogP contribution >= 0.6 is 11.6 Å². The van der Waals surface area contributed by atoms with Gasteiger partial charge in [0.05, 0.1) is 18.2 Å². The van der Waals surface area contributed by atoms with Gasteiger partial charge in [0.2, 0.25) is 0 Å². The Bertz CT molecular complexity index is 847. The van der Waals surface area contributed by atoms with Crippen LogP contribution in [0.5, 0.6) is 11.5 Å². The Kier molecular flexibility index (Phi) is 6.42. The average molecular weight is 413 g/mol. The number of rotatable bonds is 6. The summed E-state index contributed by atoms with van der Waals surface area (Å²) in [6, 6.07) is 5.32. The summed E-state index contributed by atoms with van der Waals surface area (Å²) in [6.07, 6.45) is -1.54. The van der Waals surface area contributed by atoms with Crippen molar-refractivity contribution in [1.29, 1.82) is 0 Å². The van der Waals surface area contributed by atoms with E-state index in [9.17, 15) is 24.8 Å². The first-order valence-corrected chi connectivity index (χ1v) is 9.32. The number of aliphatic hydroxyl groups excluding tert-OH is 2. The minimum absolute atomic E-state index is 0.0811. The standard InChI is InChI=1S/C20H22ClFO6/c1-2-11-12(6-19-27-17(8-23)18(9-24)28-19)20(16(26)7-15(11)25)10-3-4-14(22)13(21)5-10/h3-5,7,17-19,23-26H,2,6,8-9H2,1H3/t17-,18-/m0/s1. The summed E-state index contributed by atoms with van der Waals surface area (Å²) in [6.45, 7) is 1.22. The van der Waals surface area contributed by atoms with Crippen LogP contribution in [0, 0.1) is 5.82 Å². The average Bonchev–Trinajstić information content (AvgIpc) is 3.06. The summed E-state index contributed by atoms with van der Waals surface area (Å²) >= 11 is 5.91. The van der Waals surface area contributed by atoms with Gasteiger partial charge in [0, 0.05) is 18.1 Å². The van der Waals surface area contributed by atoms with E-state index >= 15 is 0 Å². The van der Waals surface area contributed by atoms with Crippen LogP contribution in [0.2, 0.25) is 5.02 Å². The van der Waals surface area contributed by atoms with Crippen LogP contribution in [-0.4, -0.2) is 52.1 Å². The fourth-order valence-corrected chi connectivity index (χ4v) is 3.70. The topological polar surface area (TPSA) is 99.4 Å². The molecule has 0 unspecified atom stereocenters. The molecule has 0 aliphatic carbocycles. The molecule has 1 saturated heterocycles. The minimum Gasteiger partial charge on any atom is -0.508 e. The first-order valence-electron chi connectivity index (χ1n) is 8.94. The molecule has 4 N–H and O–H groups in total. The van der Waals surface area contributed by atoms with Crippen molar-refractivity contribution in [3.63, 3.8) is 0 Å². The highest BCUT2D eigenvalue weighted by atomic mass is 35.5. The summed E-state index contributed by atoms with van der Waals surface area (Å²) in [5.74, 6) is -0.856. The highest BCUT2D eigenvalue weighted by Crippen LogP contribution is 2.42. The van der Waals surface area contributed by atoms with E-state index in [0.717, 1.165) is 0 Å². The molecule has 3 rings (SSSR count). The zero-order valence-electron chi connectivity index (χ0n) is 15.2. The fraction of sp³-hybridized carbons (Fsp3) is 0.400. The lowest BCUT2D eigenvalue weighted by Crippen LogP contribution is -2.29. The highest BCUT2D eigenvalue weighted by molar-refractivity contribution is 6.31. The number of hydrogen-bond acceptors (Lipinski definition) is 6. The summed E-state index contributed by atoms with van der Waals surface area (Å²) in [4.78, 5) is 0. The molecule has 0 radical (unpaired) electrons. The van der Waals surface area contributed by atoms with Crippen molar-refractivity contribution in [2.75, 3.05) is 13.2 Å². The van der Waals surface area contributed by atoms with Gasteiger partial charge >= 0.3 is 0 Å². The van der Waals surface area contributed by atoms with E-state index in [2.05, 4.69) is 0 Å². The normalized spacial score (nSPS) is 20.0. The van der Waals surface area contributed by atoms with Gasteiger partial charge in [-0.1, -0.05) is 24.6 Å². The highest BCUT2D eigenvalue weighted by Gasteiger charge is 2.36. The van der Waals surface area contributed by atoms with Crippen molar-refractivity contribution in [3.8, 4) is 22.6 Å². The van der Waals surface area contributed by atoms with Gasteiger partial charge in [-0.2, -0.15) is 0 Å². The van der Waals surface area contributed by atoms with E-state index in [1.165, 1.54) is 24.3 Å². The van der Waals surface area contributed by atoms with E-state index in [1.54, 1.807) is 0 Å². The van der Waals surface area contributed by atoms with E-state index < -0.39 is 24.3 Å². The van der Waals surface area contributed by atoms with Crippen LogP contribution in [0.1, 0.15) is 18.1 Å². The lowest BCUT2D eigenvalue weighted by atomic mass is 9.90. The number of halogens is 2. The van der Waals surface area contributed by atoms with Gasteiger partial charge in [-0.15, -0.1) is 0 Å². The second-order valence-electron chi connectivity index (χ2n) is 6.58. The molecule has 0 spiro atoms. The van der Waals surface area contributed by atoms with Crippen LogP contribution in [-0.2, 0) is 22.3 Å². The van der Waals surface area contributed by atoms with Crippen molar-refractivity contribution in [3.05, 3.63) is 46.2 Å². The molecule has 1 fully saturated rings. The molecule has 1 heterocycles. The monoisotopic (exact) mass is 412 g/mol. The van der Waals surface area contributed by atoms with Crippen molar-refractivity contribution < 1.29 is 34.3 Å². The molecule has 0 aromatic heterocycles. The number of hydrogen-bond donors (Lipinski definition) is 4. The Balaban J connectivity index is 2.07. The maximum atomic E-state index is 13.6. The van der Waals surface area contributed by atoms with E-state index in [-0.39, 0.29) is 36.2 Å². The predicted octanol–water partition coefficient (Wildman–Crippen LogP) is 2.76. The summed E-state index contributed by atoms with van der Waals surface area (Å²) in [5.41, 5.74) is 2.00. The molecule has 1 aliphatic rings. The predicted molar refractivity (Wildman–Crippen MR) is 101 cm³/mol. The second-order valence-corrected chi connectivity index (χ2v) is 6.98. The third kappa shape index (κ3) is 3.94. The van der Waals surface area contributed by atoms with E-state index in [1.807, 2.05) is 6.92 Å². The SMILES string of the molecule is CCc1c(O)cc(O)c(-c2ccc(F)c(Cl)c2)c1CC1O[C@@H](CO)[C@H](CO)O1. The van der Waals surface area contributed by atoms with Crippen molar-refractivity contribution in [2.24, 2.45) is 0 Å². The van der Waals surface area contributed by atoms with Crippen molar-refractivity contribution >= 4 is 11.6 Å². The number of benzene rings is 2. The molecule has 0 amide bonds. The molecule has 1 aliphatic heterocycles. The number of aliphatic hydroxyl groups is 2. The number of ether oxygens (including phenoxy) is 2. The molecule has 0 bridgehead atoms. The summed E-state index contributed by atoms with van der Waals surface area (Å²) in [7, 11) is 0. The molecule has 6 nitrogen and oxygen atoms in total. The number of phenols is 2. The van der Waals surface area contributed by atoms with Crippen molar-refractivity contribution in [1.82, 2.24) is 0 Å². The van der Waals surface area contributed by atoms with Gasteiger partial charge in [0.15, 0.2) is 6.29 Å². The third-order valence-electron chi connectivity index (χ3n) is 4.87. The van der Waals surface area contributed by atoms with Crippen LogP contribution < -0.4 is 0 Å². The van der Waals surface area contributed by atoms with Gasteiger partial charge in [0.25, 0.3) is 0 Å².